The molecule has 1 aromatic heterocycles. The Labute approximate surface area is 158 Å². The summed E-state index contributed by atoms with van der Waals surface area (Å²) in [5, 5.41) is 0. The van der Waals surface area contributed by atoms with Gasteiger partial charge < -0.3 is 9.15 Å². The van der Waals surface area contributed by atoms with Crippen molar-refractivity contribution >= 4 is 29.6 Å². The lowest BCUT2D eigenvalue weighted by atomic mass is 10.1. The fourth-order valence-corrected chi connectivity index (χ4v) is 2.55. The first-order chi connectivity index (χ1) is 13.4. The van der Waals surface area contributed by atoms with Crippen LogP contribution in [0.15, 0.2) is 47.1 Å². The molecule has 2 N–H and O–H groups in total. The standard InChI is InChI=1S/C18H15N3O7/c1-10(21-16(24)11-5-2-3-6-12(11)17(21)25)18(26)28-9-14(22)19-20-15(23)13-7-4-8-27-13/h2-8,10H,9H2,1H3,(H,19,22)(H,20,23)/t10-/m1/s1. The number of rotatable bonds is 5. The van der Waals surface area contributed by atoms with Crippen LogP contribution >= 0.6 is 0 Å². The first-order valence-electron chi connectivity index (χ1n) is 8.16. The van der Waals surface area contributed by atoms with Gasteiger partial charge in [0.25, 0.3) is 17.7 Å². The van der Waals surface area contributed by atoms with E-state index >= 15 is 0 Å². The van der Waals surface area contributed by atoms with Crippen LogP contribution in [0.25, 0.3) is 0 Å². The van der Waals surface area contributed by atoms with Gasteiger partial charge in [0.1, 0.15) is 6.04 Å². The molecule has 0 saturated carbocycles. The summed E-state index contributed by atoms with van der Waals surface area (Å²) in [6.07, 6.45) is 1.29. The number of hydrazine groups is 1. The zero-order valence-corrected chi connectivity index (χ0v) is 14.6. The first kappa shape index (κ1) is 18.8. The summed E-state index contributed by atoms with van der Waals surface area (Å²) >= 11 is 0. The third kappa shape index (κ3) is 3.61. The van der Waals surface area contributed by atoms with E-state index in [1.54, 1.807) is 12.1 Å². The van der Waals surface area contributed by atoms with Crippen molar-refractivity contribution in [3.63, 3.8) is 0 Å². The smallest absolute Gasteiger partial charge is 0.329 e. The average Bonchev–Trinajstić information content (AvgIpc) is 3.32. The van der Waals surface area contributed by atoms with Gasteiger partial charge in [0, 0.05) is 0 Å². The number of ether oxygens (including phenoxy) is 1. The molecule has 2 heterocycles. The molecule has 28 heavy (non-hydrogen) atoms. The van der Waals surface area contributed by atoms with Gasteiger partial charge >= 0.3 is 11.9 Å². The van der Waals surface area contributed by atoms with Crippen molar-refractivity contribution in [2.75, 3.05) is 6.61 Å². The third-order valence-corrected chi connectivity index (χ3v) is 3.96. The second-order valence-electron chi connectivity index (χ2n) is 5.79. The second kappa shape index (κ2) is 7.74. The fourth-order valence-electron chi connectivity index (χ4n) is 2.55. The Morgan fingerprint density at radius 1 is 1.04 bits per heavy atom. The van der Waals surface area contributed by atoms with Gasteiger partial charge in [-0.2, -0.15) is 0 Å². The van der Waals surface area contributed by atoms with Crippen molar-refractivity contribution in [3.8, 4) is 0 Å². The lowest BCUT2D eigenvalue weighted by Gasteiger charge is -2.20. The summed E-state index contributed by atoms with van der Waals surface area (Å²) in [6, 6.07) is 7.86. The molecular formula is C18H15N3O7. The van der Waals surface area contributed by atoms with Crippen LogP contribution in [0.5, 0.6) is 0 Å². The van der Waals surface area contributed by atoms with Crippen molar-refractivity contribution in [1.29, 1.82) is 0 Å². The number of furan rings is 1. The monoisotopic (exact) mass is 385 g/mol. The molecule has 0 bridgehead atoms. The maximum atomic E-state index is 12.3. The van der Waals surface area contributed by atoms with Gasteiger partial charge in [-0.3, -0.25) is 34.9 Å². The van der Waals surface area contributed by atoms with Crippen molar-refractivity contribution in [3.05, 3.63) is 59.5 Å². The van der Waals surface area contributed by atoms with Gasteiger partial charge in [0.15, 0.2) is 12.4 Å². The minimum atomic E-state index is -1.22. The van der Waals surface area contributed by atoms with E-state index in [0.29, 0.717) is 0 Å². The summed E-state index contributed by atoms with van der Waals surface area (Å²) in [4.78, 5) is 60.9. The van der Waals surface area contributed by atoms with Gasteiger partial charge in [0.2, 0.25) is 0 Å². The molecule has 1 aromatic carbocycles. The van der Waals surface area contributed by atoms with Gasteiger partial charge in [-0.05, 0) is 31.2 Å². The lowest BCUT2D eigenvalue weighted by Crippen LogP contribution is -2.46. The number of carbonyl (C=O) groups excluding carboxylic acids is 5. The number of hydrogen-bond donors (Lipinski definition) is 2. The number of imide groups is 1. The summed E-state index contributed by atoms with van der Waals surface area (Å²) < 4.78 is 9.67. The molecule has 4 amide bonds. The zero-order valence-electron chi connectivity index (χ0n) is 14.6. The van der Waals surface area contributed by atoms with Gasteiger partial charge in [0.05, 0.1) is 17.4 Å². The van der Waals surface area contributed by atoms with Crippen LogP contribution in [0.4, 0.5) is 0 Å². The lowest BCUT2D eigenvalue weighted by molar-refractivity contribution is -0.152. The summed E-state index contributed by atoms with van der Waals surface area (Å²) in [5.41, 5.74) is 4.52. The highest BCUT2D eigenvalue weighted by Crippen LogP contribution is 2.24. The number of nitrogens with zero attached hydrogens (tertiary/aromatic N) is 1. The van der Waals surface area contributed by atoms with E-state index in [9.17, 15) is 24.0 Å². The molecule has 10 heteroatoms. The van der Waals surface area contributed by atoms with E-state index in [1.807, 2.05) is 5.43 Å². The molecule has 0 saturated heterocycles. The average molecular weight is 385 g/mol. The topological polar surface area (TPSA) is 135 Å². The van der Waals surface area contributed by atoms with Crippen LogP contribution in [0, 0.1) is 0 Å². The number of carbonyl (C=O) groups is 5. The highest BCUT2D eigenvalue weighted by molar-refractivity contribution is 6.22. The SMILES string of the molecule is C[C@H](C(=O)OCC(=O)NNC(=O)c1ccco1)N1C(=O)c2ccccc2C1=O. The van der Waals surface area contributed by atoms with Crippen LogP contribution in [0.1, 0.15) is 38.2 Å². The van der Waals surface area contributed by atoms with E-state index in [4.69, 9.17) is 9.15 Å². The minimum Gasteiger partial charge on any atom is -0.459 e. The highest BCUT2D eigenvalue weighted by atomic mass is 16.5. The summed E-state index contributed by atoms with van der Waals surface area (Å²) in [6.45, 7) is 0.603. The molecule has 144 valence electrons. The molecule has 0 aliphatic carbocycles. The number of fused-ring (bicyclic) bond motifs is 1. The Morgan fingerprint density at radius 3 is 2.25 bits per heavy atom. The van der Waals surface area contributed by atoms with Gasteiger partial charge in [-0.15, -0.1) is 0 Å². The maximum absolute atomic E-state index is 12.3. The Hall–Kier alpha value is -3.95. The minimum absolute atomic E-state index is 0.0171. The molecule has 2 aromatic rings. The Bertz CT molecular complexity index is 917. The normalized spacial score (nSPS) is 13.7. The van der Waals surface area contributed by atoms with Crippen molar-refractivity contribution in [2.45, 2.75) is 13.0 Å². The molecule has 1 aliphatic rings. The van der Waals surface area contributed by atoms with E-state index in [0.717, 1.165) is 4.90 Å². The fraction of sp³-hybridized carbons (Fsp3) is 0.167. The van der Waals surface area contributed by atoms with E-state index < -0.39 is 42.2 Å². The van der Waals surface area contributed by atoms with Gasteiger partial charge in [-0.25, -0.2) is 4.79 Å². The molecule has 0 radical (unpaired) electrons. The first-order valence-corrected chi connectivity index (χ1v) is 8.16. The van der Waals surface area contributed by atoms with E-state index in [2.05, 4.69) is 5.43 Å². The molecule has 1 aliphatic heterocycles. The van der Waals surface area contributed by atoms with Crippen LogP contribution < -0.4 is 10.9 Å². The molecular weight excluding hydrogens is 370 g/mol. The number of benzene rings is 1. The molecule has 0 spiro atoms. The van der Waals surface area contributed by atoms with Crippen molar-refractivity contribution in [1.82, 2.24) is 15.8 Å². The Kier molecular flexibility index (Phi) is 5.21. The Balaban J connectivity index is 1.51. The molecule has 0 fully saturated rings. The number of hydrogen-bond acceptors (Lipinski definition) is 7. The van der Waals surface area contributed by atoms with Gasteiger partial charge in [-0.1, -0.05) is 12.1 Å². The Morgan fingerprint density at radius 2 is 1.68 bits per heavy atom. The molecule has 0 unspecified atom stereocenters. The van der Waals surface area contributed by atoms with Crippen LogP contribution in [-0.4, -0.2) is 47.1 Å². The van der Waals surface area contributed by atoms with Crippen LogP contribution in [0.3, 0.4) is 0 Å². The number of esters is 1. The summed E-state index contributed by atoms with van der Waals surface area (Å²) in [7, 11) is 0. The quantitative estimate of drug-likeness (QED) is 0.428. The molecule has 1 atom stereocenters. The van der Waals surface area contributed by atoms with E-state index in [-0.39, 0.29) is 16.9 Å². The van der Waals surface area contributed by atoms with E-state index in [1.165, 1.54) is 37.5 Å². The molecule has 10 nitrogen and oxygen atoms in total. The number of nitrogens with one attached hydrogen (secondary N) is 2. The van der Waals surface area contributed by atoms with Crippen molar-refractivity contribution < 1.29 is 33.1 Å². The third-order valence-electron chi connectivity index (χ3n) is 3.96. The molecule has 3 rings (SSSR count). The highest BCUT2D eigenvalue weighted by Gasteiger charge is 2.41. The van der Waals surface area contributed by atoms with Crippen LogP contribution in [-0.2, 0) is 14.3 Å². The predicted octanol–water partition coefficient (Wildman–Crippen LogP) is 0.269. The maximum Gasteiger partial charge on any atom is 0.329 e. The second-order valence-corrected chi connectivity index (χ2v) is 5.79. The largest absolute Gasteiger partial charge is 0.459 e. The predicted molar refractivity (Wildman–Crippen MR) is 91.7 cm³/mol. The number of amides is 4. The zero-order chi connectivity index (χ0) is 20.3. The van der Waals surface area contributed by atoms with Crippen molar-refractivity contribution in [2.24, 2.45) is 0 Å². The summed E-state index contributed by atoms with van der Waals surface area (Å²) in [5.74, 6) is -3.69. The van der Waals surface area contributed by atoms with Crippen LogP contribution in [0.2, 0.25) is 0 Å².